The number of nitrogens with two attached hydrogens (primary N) is 1. The molecular weight excluding hydrogens is 222 g/mol. The van der Waals surface area contributed by atoms with Crippen molar-refractivity contribution in [1.82, 2.24) is 0 Å². The molecule has 0 fully saturated rings. The van der Waals surface area contributed by atoms with Crippen molar-refractivity contribution < 1.29 is 13.3 Å². The molecule has 0 aromatic carbocycles. The van der Waals surface area contributed by atoms with Gasteiger partial charge in [0.25, 0.3) is 0 Å². The van der Waals surface area contributed by atoms with Crippen LogP contribution in [0.1, 0.15) is 39.5 Å². The Balaban J connectivity index is 4.15. The molecule has 0 saturated carbocycles. The van der Waals surface area contributed by atoms with E-state index < -0.39 is 8.80 Å². The van der Waals surface area contributed by atoms with Gasteiger partial charge in [-0.3, -0.25) is 0 Å². The average Bonchev–Trinajstić information content (AvgIpc) is 2.30. The van der Waals surface area contributed by atoms with Gasteiger partial charge < -0.3 is 19.0 Å². The van der Waals surface area contributed by atoms with Gasteiger partial charge in [-0.15, -0.1) is 0 Å². The minimum Gasteiger partial charge on any atom is -0.377 e. The van der Waals surface area contributed by atoms with Gasteiger partial charge in [0.1, 0.15) is 0 Å². The van der Waals surface area contributed by atoms with Crippen molar-refractivity contribution in [3.63, 3.8) is 0 Å². The molecule has 0 rings (SSSR count). The van der Waals surface area contributed by atoms with Gasteiger partial charge in [-0.2, -0.15) is 0 Å². The maximum atomic E-state index is 5.99. The molecular formula is C11H27NO3Si. The van der Waals surface area contributed by atoms with Crippen molar-refractivity contribution in [3.05, 3.63) is 0 Å². The van der Waals surface area contributed by atoms with E-state index in [0.717, 1.165) is 25.7 Å². The van der Waals surface area contributed by atoms with Gasteiger partial charge in [-0.25, -0.2) is 0 Å². The predicted molar refractivity (Wildman–Crippen MR) is 68.3 cm³/mol. The minimum atomic E-state index is -2.47. The molecule has 2 N–H and O–H groups in total. The largest absolute Gasteiger partial charge is 0.503 e. The molecule has 0 amide bonds. The fraction of sp³-hybridized carbons (Fsp3) is 1.00. The second-order valence-electron chi connectivity index (χ2n) is 4.24. The van der Waals surface area contributed by atoms with Gasteiger partial charge in [-0.05, 0) is 19.3 Å². The lowest BCUT2D eigenvalue weighted by molar-refractivity contribution is 0.111. The molecule has 16 heavy (non-hydrogen) atoms. The molecule has 2 atom stereocenters. The summed E-state index contributed by atoms with van der Waals surface area (Å²) in [5.41, 5.74) is 6.28. The highest BCUT2D eigenvalue weighted by atomic mass is 28.4. The van der Waals surface area contributed by atoms with Gasteiger partial charge in [-0.1, -0.05) is 20.3 Å². The summed E-state index contributed by atoms with van der Waals surface area (Å²) in [6, 6.07) is 0.282. The van der Waals surface area contributed by atoms with E-state index in [1.54, 1.807) is 21.3 Å². The third-order valence-electron chi connectivity index (χ3n) is 3.09. The maximum Gasteiger partial charge on any atom is 0.503 e. The van der Waals surface area contributed by atoms with E-state index in [9.17, 15) is 0 Å². The lowest BCUT2D eigenvalue weighted by Gasteiger charge is -2.30. The lowest BCUT2D eigenvalue weighted by atomic mass is 10.1. The van der Waals surface area contributed by atoms with E-state index in [1.165, 1.54) is 0 Å². The zero-order valence-corrected chi connectivity index (χ0v) is 12.3. The summed E-state index contributed by atoms with van der Waals surface area (Å²) >= 11 is 0. The Labute approximate surface area is 101 Å². The van der Waals surface area contributed by atoms with Crippen LogP contribution in [-0.2, 0) is 13.3 Å². The summed E-state index contributed by atoms with van der Waals surface area (Å²) in [6.45, 7) is 4.27. The normalized spacial score (nSPS) is 16.1. The first-order chi connectivity index (χ1) is 7.56. The Bertz CT molecular complexity index is 168. The van der Waals surface area contributed by atoms with E-state index in [2.05, 4.69) is 13.8 Å². The second kappa shape index (κ2) is 8.19. The van der Waals surface area contributed by atoms with Crippen molar-refractivity contribution in [2.75, 3.05) is 21.3 Å². The summed E-state index contributed by atoms with van der Waals surface area (Å²) in [7, 11) is 2.50. The molecule has 0 aliphatic rings. The first-order valence-corrected chi connectivity index (χ1v) is 7.77. The van der Waals surface area contributed by atoms with Crippen LogP contribution >= 0.6 is 0 Å². The van der Waals surface area contributed by atoms with Gasteiger partial charge in [0.05, 0.1) is 0 Å². The SMILES string of the molecule is CCCC(N)CCC(C)[Si](OC)(OC)OC. The second-order valence-corrected chi connectivity index (χ2v) is 7.66. The van der Waals surface area contributed by atoms with Gasteiger partial charge >= 0.3 is 8.80 Å². The first kappa shape index (κ1) is 16.1. The molecule has 0 heterocycles. The average molecular weight is 249 g/mol. The third-order valence-corrected chi connectivity index (χ3v) is 6.29. The van der Waals surface area contributed by atoms with Gasteiger partial charge in [0, 0.05) is 32.9 Å². The molecule has 0 spiro atoms. The zero-order chi connectivity index (χ0) is 12.6. The van der Waals surface area contributed by atoms with Crippen LogP contribution in [0, 0.1) is 0 Å². The summed E-state index contributed by atoms with van der Waals surface area (Å²) in [5, 5.41) is 0. The number of rotatable bonds is 9. The smallest absolute Gasteiger partial charge is 0.377 e. The van der Waals surface area contributed by atoms with Crippen molar-refractivity contribution in [2.45, 2.75) is 51.1 Å². The lowest BCUT2D eigenvalue weighted by Crippen LogP contribution is -2.47. The highest BCUT2D eigenvalue weighted by Crippen LogP contribution is 2.28. The van der Waals surface area contributed by atoms with Crippen LogP contribution in [0.15, 0.2) is 0 Å². The highest BCUT2D eigenvalue weighted by molar-refractivity contribution is 6.62. The van der Waals surface area contributed by atoms with Crippen molar-refractivity contribution in [2.24, 2.45) is 5.73 Å². The summed E-state index contributed by atoms with van der Waals surface area (Å²) < 4.78 is 16.3. The Kier molecular flexibility index (Phi) is 8.22. The maximum absolute atomic E-state index is 5.99. The Morgan fingerprint density at radius 1 is 1.00 bits per heavy atom. The van der Waals surface area contributed by atoms with Crippen LogP contribution in [0.3, 0.4) is 0 Å². The van der Waals surface area contributed by atoms with E-state index in [4.69, 9.17) is 19.0 Å². The van der Waals surface area contributed by atoms with E-state index in [-0.39, 0.29) is 11.6 Å². The quantitative estimate of drug-likeness (QED) is 0.636. The summed E-state index contributed by atoms with van der Waals surface area (Å²) in [5.74, 6) is 0. The van der Waals surface area contributed by atoms with Crippen LogP contribution < -0.4 is 5.73 Å². The number of hydrogen-bond donors (Lipinski definition) is 1. The Morgan fingerprint density at radius 2 is 1.50 bits per heavy atom. The molecule has 0 aliphatic heterocycles. The monoisotopic (exact) mass is 249 g/mol. The fourth-order valence-corrected chi connectivity index (χ4v) is 4.24. The van der Waals surface area contributed by atoms with Crippen molar-refractivity contribution >= 4 is 8.80 Å². The summed E-state index contributed by atoms with van der Waals surface area (Å²) in [4.78, 5) is 0. The van der Waals surface area contributed by atoms with Crippen LogP contribution in [-0.4, -0.2) is 36.2 Å². The predicted octanol–water partition coefficient (Wildman–Crippen LogP) is 2.16. The molecule has 0 bridgehead atoms. The summed E-state index contributed by atoms with van der Waals surface area (Å²) in [6.07, 6.45) is 4.20. The van der Waals surface area contributed by atoms with Crippen LogP contribution in [0.5, 0.6) is 0 Å². The zero-order valence-electron chi connectivity index (χ0n) is 11.3. The van der Waals surface area contributed by atoms with Crippen LogP contribution in [0.2, 0.25) is 5.54 Å². The highest BCUT2D eigenvalue weighted by Gasteiger charge is 2.44. The molecule has 0 aromatic heterocycles. The van der Waals surface area contributed by atoms with Crippen LogP contribution in [0.25, 0.3) is 0 Å². The molecule has 0 radical (unpaired) electrons. The molecule has 0 aromatic rings. The van der Waals surface area contributed by atoms with E-state index in [1.807, 2.05) is 0 Å². The Hall–Kier alpha value is 0.0569. The topological polar surface area (TPSA) is 53.7 Å². The standard InChI is InChI=1S/C11H27NO3Si/c1-6-7-11(12)9-8-10(2)16(13-3,14-4)15-5/h10-11H,6-9,12H2,1-5H3. The van der Waals surface area contributed by atoms with E-state index >= 15 is 0 Å². The molecule has 0 aliphatic carbocycles. The Morgan fingerprint density at radius 3 is 1.88 bits per heavy atom. The third kappa shape index (κ3) is 4.51. The molecule has 4 nitrogen and oxygen atoms in total. The van der Waals surface area contributed by atoms with Crippen molar-refractivity contribution in [3.8, 4) is 0 Å². The fourth-order valence-electron chi connectivity index (χ4n) is 2.01. The van der Waals surface area contributed by atoms with Crippen molar-refractivity contribution in [1.29, 1.82) is 0 Å². The minimum absolute atomic E-state index is 0.282. The van der Waals surface area contributed by atoms with Crippen LogP contribution in [0.4, 0.5) is 0 Å². The molecule has 5 heteroatoms. The molecule has 2 unspecified atom stereocenters. The molecule has 98 valence electrons. The number of hydrogen-bond acceptors (Lipinski definition) is 4. The molecule has 0 saturated heterocycles. The van der Waals surface area contributed by atoms with Gasteiger partial charge in [0.2, 0.25) is 0 Å². The first-order valence-electron chi connectivity index (χ1n) is 5.97. The van der Waals surface area contributed by atoms with E-state index in [0.29, 0.717) is 0 Å². The van der Waals surface area contributed by atoms with Gasteiger partial charge in [0.15, 0.2) is 0 Å².